The molecule has 3 unspecified atom stereocenters. The Balaban J connectivity index is 1.51. The van der Waals surface area contributed by atoms with E-state index in [0.29, 0.717) is 18.3 Å². The van der Waals surface area contributed by atoms with E-state index in [2.05, 4.69) is 52.8 Å². The van der Waals surface area contributed by atoms with E-state index in [1.807, 2.05) is 6.20 Å². The Hall–Kier alpha value is -2.76. The fraction of sp³-hybridized carbons (Fsp3) is 0.409. The van der Waals surface area contributed by atoms with Crippen LogP contribution in [0, 0.1) is 5.92 Å². The molecular weight excluding hydrogens is 355 g/mol. The number of halogens is 1. The number of aromatic nitrogens is 2. The van der Waals surface area contributed by atoms with E-state index in [4.69, 9.17) is 0 Å². The minimum atomic E-state index is -1.02. The highest BCUT2D eigenvalue weighted by Crippen LogP contribution is 2.34. The minimum absolute atomic E-state index is 0.302. The molecule has 3 heterocycles. The third kappa shape index (κ3) is 3.91. The molecule has 2 aromatic heterocycles. The van der Waals surface area contributed by atoms with Gasteiger partial charge in [0.1, 0.15) is 12.0 Å². The number of hydrogen-bond donors (Lipinski definition) is 2. The number of rotatable bonds is 6. The number of pyridine rings is 2. The van der Waals surface area contributed by atoms with Gasteiger partial charge in [-0.2, -0.15) is 0 Å². The van der Waals surface area contributed by atoms with Gasteiger partial charge < -0.3 is 10.6 Å². The average Bonchev–Trinajstić information content (AvgIpc) is 3.43. The van der Waals surface area contributed by atoms with Crippen LogP contribution in [0.5, 0.6) is 0 Å². The Morgan fingerprint density at radius 3 is 2.86 bits per heavy atom. The van der Waals surface area contributed by atoms with Gasteiger partial charge in [-0.3, -0.25) is 9.78 Å². The molecule has 1 saturated carbocycles. The first-order valence-electron chi connectivity index (χ1n) is 9.91. The Labute approximate surface area is 164 Å². The van der Waals surface area contributed by atoms with Crippen molar-refractivity contribution in [1.82, 2.24) is 15.3 Å². The molecule has 0 saturated heterocycles. The van der Waals surface area contributed by atoms with Crippen LogP contribution < -0.4 is 10.6 Å². The highest BCUT2D eigenvalue weighted by Gasteiger charge is 2.43. The van der Waals surface area contributed by atoms with E-state index in [1.54, 1.807) is 12.3 Å². The van der Waals surface area contributed by atoms with Gasteiger partial charge in [0.05, 0.1) is 11.4 Å². The quantitative estimate of drug-likeness (QED) is 0.781. The van der Waals surface area contributed by atoms with Gasteiger partial charge in [-0.25, -0.2) is 9.37 Å². The molecule has 28 heavy (non-hydrogen) atoms. The van der Waals surface area contributed by atoms with Crippen LogP contribution in [0.4, 0.5) is 10.2 Å². The first kappa shape index (κ1) is 18.6. The van der Waals surface area contributed by atoms with Crippen molar-refractivity contribution in [3.05, 3.63) is 47.9 Å². The van der Waals surface area contributed by atoms with Crippen LogP contribution in [0.1, 0.15) is 45.1 Å². The summed E-state index contributed by atoms with van der Waals surface area (Å²) in [4.78, 5) is 20.7. The van der Waals surface area contributed by atoms with Gasteiger partial charge in [-0.1, -0.05) is 25.8 Å². The monoisotopic (exact) mass is 380 g/mol. The van der Waals surface area contributed by atoms with Crippen LogP contribution in [0.3, 0.4) is 0 Å². The molecule has 4 rings (SSSR count). The van der Waals surface area contributed by atoms with Crippen LogP contribution in [0.15, 0.2) is 42.4 Å². The summed E-state index contributed by atoms with van der Waals surface area (Å²) in [6, 6.07) is 4.17. The van der Waals surface area contributed by atoms with Gasteiger partial charge in [0, 0.05) is 47.2 Å². The van der Waals surface area contributed by atoms with Crippen LogP contribution in [0.2, 0.25) is 0 Å². The fourth-order valence-corrected chi connectivity index (χ4v) is 3.54. The predicted octanol–water partition coefficient (Wildman–Crippen LogP) is 4.38. The summed E-state index contributed by atoms with van der Waals surface area (Å²) in [7, 11) is 0. The summed E-state index contributed by atoms with van der Waals surface area (Å²) in [5.74, 6) is -0.437. The normalized spacial score (nSPS) is 23.6. The number of alkyl halides is 1. The van der Waals surface area contributed by atoms with E-state index in [-0.39, 0.29) is 5.91 Å². The fourth-order valence-electron chi connectivity index (χ4n) is 3.54. The van der Waals surface area contributed by atoms with Crippen LogP contribution in [-0.4, -0.2) is 28.1 Å². The van der Waals surface area contributed by atoms with E-state index in [9.17, 15) is 9.18 Å². The number of nitrogens with zero attached hydrogens (tertiary/aromatic N) is 2. The van der Waals surface area contributed by atoms with Crippen molar-refractivity contribution in [2.75, 3.05) is 5.32 Å². The zero-order valence-electron chi connectivity index (χ0n) is 16.2. The molecular formula is C22H25FN4O. The Kier molecular flexibility index (Phi) is 5.11. The standard InChI is InChI=1S/C22H25FN4O/c1-3-4-5-16-6-13(2)18(12-24-16)14-7-15-11-26-21(9-20(15)25-10-14)27-22(28)17-8-19(17)23/h6-7,9-12,16-17,19,24H,3-5,8H2,1-2H3,(H,26,27,28). The maximum atomic E-state index is 13.0. The number of anilines is 1. The van der Waals surface area contributed by atoms with E-state index in [1.165, 1.54) is 18.4 Å². The molecule has 0 bridgehead atoms. The van der Waals surface area contributed by atoms with E-state index >= 15 is 0 Å². The molecule has 2 aliphatic rings. The number of unbranched alkanes of at least 4 members (excludes halogenated alkanes) is 1. The molecule has 3 atom stereocenters. The second-order valence-corrected chi connectivity index (χ2v) is 7.66. The van der Waals surface area contributed by atoms with Gasteiger partial charge in [-0.15, -0.1) is 0 Å². The van der Waals surface area contributed by atoms with Gasteiger partial charge in [0.15, 0.2) is 0 Å². The van der Waals surface area contributed by atoms with Crippen molar-refractivity contribution in [3.63, 3.8) is 0 Å². The summed E-state index contributed by atoms with van der Waals surface area (Å²) in [5, 5.41) is 7.04. The largest absolute Gasteiger partial charge is 0.384 e. The molecule has 2 aromatic rings. The molecule has 0 spiro atoms. The van der Waals surface area contributed by atoms with Crippen molar-refractivity contribution in [2.45, 2.75) is 51.7 Å². The highest BCUT2D eigenvalue weighted by molar-refractivity contribution is 5.95. The van der Waals surface area contributed by atoms with Gasteiger partial charge in [0.2, 0.25) is 5.91 Å². The Morgan fingerprint density at radius 1 is 1.32 bits per heavy atom. The SMILES string of the molecule is CCCCC1C=C(C)C(c2cnc3cc(NC(=O)C4CC4F)ncc3c2)=CN1. The summed E-state index contributed by atoms with van der Waals surface area (Å²) in [5.41, 5.74) is 4.14. The second-order valence-electron chi connectivity index (χ2n) is 7.66. The lowest BCUT2D eigenvalue weighted by Crippen LogP contribution is -2.25. The highest BCUT2D eigenvalue weighted by atomic mass is 19.1. The molecule has 5 nitrogen and oxygen atoms in total. The predicted molar refractivity (Wildman–Crippen MR) is 109 cm³/mol. The number of allylic oxidation sites excluding steroid dienone is 2. The van der Waals surface area contributed by atoms with Crippen molar-refractivity contribution in [3.8, 4) is 0 Å². The molecule has 0 aromatic carbocycles. The van der Waals surface area contributed by atoms with Gasteiger partial charge in [0.25, 0.3) is 0 Å². The van der Waals surface area contributed by atoms with E-state index in [0.717, 1.165) is 28.5 Å². The van der Waals surface area contributed by atoms with Crippen molar-refractivity contribution in [2.24, 2.45) is 5.92 Å². The van der Waals surface area contributed by atoms with Crippen LogP contribution in [-0.2, 0) is 4.79 Å². The molecule has 2 N–H and O–H groups in total. The maximum absolute atomic E-state index is 13.0. The first-order chi connectivity index (χ1) is 13.5. The first-order valence-corrected chi connectivity index (χ1v) is 9.91. The third-order valence-electron chi connectivity index (χ3n) is 5.36. The number of nitrogens with one attached hydrogen (secondary N) is 2. The molecule has 0 radical (unpaired) electrons. The van der Waals surface area contributed by atoms with Gasteiger partial charge >= 0.3 is 0 Å². The second kappa shape index (κ2) is 7.70. The van der Waals surface area contributed by atoms with E-state index < -0.39 is 12.1 Å². The number of carbonyl (C=O) groups is 1. The van der Waals surface area contributed by atoms with Gasteiger partial charge in [-0.05, 0) is 31.4 Å². The minimum Gasteiger partial charge on any atom is -0.384 e. The summed E-state index contributed by atoms with van der Waals surface area (Å²) < 4.78 is 13.0. The number of carbonyl (C=O) groups excluding carboxylic acids is 1. The molecule has 1 aliphatic heterocycles. The number of hydrogen-bond acceptors (Lipinski definition) is 4. The zero-order valence-corrected chi connectivity index (χ0v) is 16.2. The molecule has 6 heteroatoms. The Bertz CT molecular complexity index is 968. The topological polar surface area (TPSA) is 66.9 Å². The molecule has 146 valence electrons. The number of amides is 1. The lowest BCUT2D eigenvalue weighted by Gasteiger charge is -2.22. The molecule has 1 fully saturated rings. The third-order valence-corrected chi connectivity index (χ3v) is 5.36. The van der Waals surface area contributed by atoms with Crippen molar-refractivity contribution >= 4 is 28.2 Å². The van der Waals surface area contributed by atoms with Crippen molar-refractivity contribution < 1.29 is 9.18 Å². The summed E-state index contributed by atoms with van der Waals surface area (Å²) in [6.07, 6.45) is 10.7. The zero-order chi connectivity index (χ0) is 19.7. The average molecular weight is 380 g/mol. The van der Waals surface area contributed by atoms with Crippen LogP contribution in [0.25, 0.3) is 16.5 Å². The summed E-state index contributed by atoms with van der Waals surface area (Å²) in [6.45, 7) is 4.33. The van der Waals surface area contributed by atoms with Crippen LogP contribution >= 0.6 is 0 Å². The van der Waals surface area contributed by atoms with Crippen molar-refractivity contribution in [1.29, 1.82) is 0 Å². The number of dihydropyridines is 1. The lowest BCUT2D eigenvalue weighted by atomic mass is 9.94. The smallest absolute Gasteiger partial charge is 0.231 e. The number of fused-ring (bicyclic) bond motifs is 1. The lowest BCUT2D eigenvalue weighted by molar-refractivity contribution is -0.117. The maximum Gasteiger partial charge on any atom is 0.231 e. The molecule has 1 amide bonds. The Morgan fingerprint density at radius 2 is 2.14 bits per heavy atom. The summed E-state index contributed by atoms with van der Waals surface area (Å²) >= 11 is 0. The molecule has 1 aliphatic carbocycles.